The molecule has 3 aliphatic heterocycles. The molecule has 124 valence electrons. The fourth-order valence-electron chi connectivity index (χ4n) is 3.83. The van der Waals surface area contributed by atoms with Gasteiger partial charge in [0.1, 0.15) is 0 Å². The molecule has 23 heavy (non-hydrogen) atoms. The van der Waals surface area contributed by atoms with Crippen LogP contribution in [0.2, 0.25) is 0 Å². The normalized spacial score (nSPS) is 23.0. The standard InChI is InChI=1S/C16H22N4O2S/c21-15-17-5-9-20(15)16(22)18-6-1-13(2-7-18)19-8-3-14-12(11-19)4-10-23-14/h4,10,13H,1-3,5-9,11H2,(H,17,21). The molecule has 0 unspecified atom stereocenters. The summed E-state index contributed by atoms with van der Waals surface area (Å²) in [6.45, 7) is 4.73. The van der Waals surface area contributed by atoms with Gasteiger partial charge in [0.2, 0.25) is 0 Å². The van der Waals surface area contributed by atoms with Crippen molar-refractivity contribution in [3.05, 3.63) is 21.9 Å². The Labute approximate surface area is 140 Å². The van der Waals surface area contributed by atoms with Crippen LogP contribution in [0, 0.1) is 0 Å². The zero-order chi connectivity index (χ0) is 15.8. The number of rotatable bonds is 1. The molecule has 1 N–H and O–H groups in total. The minimum atomic E-state index is -0.252. The molecule has 3 aliphatic rings. The number of carbonyl (C=O) groups is 2. The Balaban J connectivity index is 1.33. The van der Waals surface area contributed by atoms with Gasteiger partial charge in [-0.2, -0.15) is 0 Å². The molecule has 0 aromatic carbocycles. The first kappa shape index (κ1) is 15.0. The van der Waals surface area contributed by atoms with Crippen molar-refractivity contribution in [3.8, 4) is 0 Å². The summed E-state index contributed by atoms with van der Waals surface area (Å²) in [5, 5.41) is 4.88. The van der Waals surface area contributed by atoms with Crippen molar-refractivity contribution < 1.29 is 9.59 Å². The summed E-state index contributed by atoms with van der Waals surface area (Å²) in [5.74, 6) is 0. The molecule has 4 rings (SSSR count). The van der Waals surface area contributed by atoms with Crippen LogP contribution in [-0.2, 0) is 13.0 Å². The lowest BCUT2D eigenvalue weighted by molar-refractivity contribution is 0.0993. The van der Waals surface area contributed by atoms with Crippen molar-refractivity contribution in [1.29, 1.82) is 0 Å². The largest absolute Gasteiger partial charge is 0.336 e. The Kier molecular flexibility index (Phi) is 3.98. The van der Waals surface area contributed by atoms with Crippen molar-refractivity contribution in [2.75, 3.05) is 32.7 Å². The zero-order valence-electron chi connectivity index (χ0n) is 13.2. The maximum atomic E-state index is 12.4. The van der Waals surface area contributed by atoms with Crippen LogP contribution in [0.1, 0.15) is 23.3 Å². The second kappa shape index (κ2) is 6.13. The van der Waals surface area contributed by atoms with Crippen molar-refractivity contribution in [2.24, 2.45) is 0 Å². The Morgan fingerprint density at radius 3 is 2.78 bits per heavy atom. The predicted octanol–water partition coefficient (Wildman–Crippen LogP) is 1.72. The molecule has 6 nitrogen and oxygen atoms in total. The third-order valence-electron chi connectivity index (χ3n) is 5.18. The van der Waals surface area contributed by atoms with E-state index in [9.17, 15) is 9.59 Å². The van der Waals surface area contributed by atoms with Crippen molar-refractivity contribution in [3.63, 3.8) is 0 Å². The van der Waals surface area contributed by atoms with Crippen LogP contribution in [0.15, 0.2) is 11.4 Å². The van der Waals surface area contributed by atoms with E-state index < -0.39 is 0 Å². The Hall–Kier alpha value is -1.60. The topological polar surface area (TPSA) is 55.9 Å². The van der Waals surface area contributed by atoms with Gasteiger partial charge in [0, 0.05) is 50.2 Å². The Morgan fingerprint density at radius 2 is 2.04 bits per heavy atom. The molecular formula is C16H22N4O2S. The maximum absolute atomic E-state index is 12.4. The molecule has 4 heterocycles. The molecular weight excluding hydrogens is 312 g/mol. The number of nitrogens with zero attached hydrogens (tertiary/aromatic N) is 3. The molecule has 0 radical (unpaired) electrons. The van der Waals surface area contributed by atoms with E-state index in [2.05, 4.69) is 21.7 Å². The number of hydrogen-bond acceptors (Lipinski definition) is 4. The first-order valence-corrected chi connectivity index (χ1v) is 9.24. The number of urea groups is 2. The third kappa shape index (κ3) is 2.83. The molecule has 7 heteroatoms. The second-order valence-electron chi connectivity index (χ2n) is 6.47. The molecule has 0 bridgehead atoms. The number of hydrogen-bond donors (Lipinski definition) is 1. The summed E-state index contributed by atoms with van der Waals surface area (Å²) in [6, 6.07) is 2.42. The van der Waals surface area contributed by atoms with Gasteiger partial charge in [0.25, 0.3) is 0 Å². The molecule has 2 fully saturated rings. The average Bonchev–Trinajstić information content (AvgIpc) is 3.22. The average molecular weight is 334 g/mol. The highest BCUT2D eigenvalue weighted by Gasteiger charge is 2.34. The molecule has 0 saturated carbocycles. The van der Waals surface area contributed by atoms with E-state index >= 15 is 0 Å². The van der Waals surface area contributed by atoms with E-state index in [0.717, 1.165) is 45.4 Å². The fraction of sp³-hybridized carbons (Fsp3) is 0.625. The molecule has 0 atom stereocenters. The number of piperidine rings is 1. The van der Waals surface area contributed by atoms with Gasteiger partial charge in [-0.15, -0.1) is 11.3 Å². The van der Waals surface area contributed by atoms with E-state index in [1.165, 1.54) is 15.3 Å². The summed E-state index contributed by atoms with van der Waals surface area (Å²) < 4.78 is 0. The number of imide groups is 1. The number of thiophene rings is 1. The number of fused-ring (bicyclic) bond motifs is 1. The van der Waals surface area contributed by atoms with Crippen LogP contribution in [-0.4, -0.2) is 65.5 Å². The first-order chi connectivity index (χ1) is 11.2. The van der Waals surface area contributed by atoms with Crippen molar-refractivity contribution in [2.45, 2.75) is 31.8 Å². The van der Waals surface area contributed by atoms with Crippen LogP contribution in [0.5, 0.6) is 0 Å². The summed E-state index contributed by atoms with van der Waals surface area (Å²) in [6.07, 6.45) is 3.15. The van der Waals surface area contributed by atoms with E-state index in [4.69, 9.17) is 0 Å². The summed E-state index contributed by atoms with van der Waals surface area (Å²) in [7, 11) is 0. The number of amides is 4. The predicted molar refractivity (Wildman–Crippen MR) is 88.5 cm³/mol. The zero-order valence-corrected chi connectivity index (χ0v) is 14.0. The molecule has 4 amide bonds. The van der Waals surface area contributed by atoms with Gasteiger partial charge < -0.3 is 10.2 Å². The van der Waals surface area contributed by atoms with E-state index in [1.807, 2.05) is 16.2 Å². The highest BCUT2D eigenvalue weighted by atomic mass is 32.1. The van der Waals surface area contributed by atoms with Gasteiger partial charge in [-0.25, -0.2) is 14.5 Å². The second-order valence-corrected chi connectivity index (χ2v) is 7.47. The summed E-state index contributed by atoms with van der Waals surface area (Å²) >= 11 is 1.87. The Morgan fingerprint density at radius 1 is 1.22 bits per heavy atom. The van der Waals surface area contributed by atoms with Crippen LogP contribution >= 0.6 is 11.3 Å². The highest BCUT2D eigenvalue weighted by molar-refractivity contribution is 7.10. The van der Waals surface area contributed by atoms with Gasteiger partial charge in [-0.1, -0.05) is 0 Å². The lowest BCUT2D eigenvalue weighted by atomic mass is 10.00. The number of carbonyl (C=O) groups excluding carboxylic acids is 2. The SMILES string of the molecule is O=C1NCCN1C(=O)N1CCC(N2CCc3sccc3C2)CC1. The highest BCUT2D eigenvalue weighted by Crippen LogP contribution is 2.28. The molecule has 2 saturated heterocycles. The van der Waals surface area contributed by atoms with Crippen molar-refractivity contribution in [1.82, 2.24) is 20.0 Å². The molecule has 0 spiro atoms. The number of nitrogens with one attached hydrogen (secondary N) is 1. The van der Waals surface area contributed by atoms with E-state index in [-0.39, 0.29) is 12.1 Å². The van der Waals surface area contributed by atoms with Gasteiger partial charge in [0.15, 0.2) is 0 Å². The van der Waals surface area contributed by atoms with Crippen molar-refractivity contribution >= 4 is 23.4 Å². The Bertz CT molecular complexity index is 609. The maximum Gasteiger partial charge on any atom is 0.328 e. The van der Waals surface area contributed by atoms with Gasteiger partial charge in [-0.3, -0.25) is 4.90 Å². The third-order valence-corrected chi connectivity index (χ3v) is 6.20. The number of likely N-dealkylation sites (tertiary alicyclic amines) is 1. The van der Waals surface area contributed by atoms with Crippen LogP contribution < -0.4 is 5.32 Å². The lowest BCUT2D eigenvalue weighted by Gasteiger charge is -2.40. The monoisotopic (exact) mass is 334 g/mol. The van der Waals surface area contributed by atoms with E-state index in [1.54, 1.807) is 0 Å². The van der Waals surface area contributed by atoms with Gasteiger partial charge >= 0.3 is 12.1 Å². The smallest absolute Gasteiger partial charge is 0.328 e. The minimum absolute atomic E-state index is 0.128. The minimum Gasteiger partial charge on any atom is -0.336 e. The van der Waals surface area contributed by atoms with Crippen LogP contribution in [0.4, 0.5) is 9.59 Å². The fourth-order valence-corrected chi connectivity index (χ4v) is 4.72. The molecule has 0 aliphatic carbocycles. The molecule has 1 aromatic heterocycles. The summed E-state index contributed by atoms with van der Waals surface area (Å²) in [4.78, 5) is 31.3. The van der Waals surface area contributed by atoms with Gasteiger partial charge in [0.05, 0.1) is 0 Å². The quantitative estimate of drug-likeness (QED) is 0.851. The first-order valence-electron chi connectivity index (χ1n) is 8.36. The molecule has 1 aromatic rings. The lowest BCUT2D eigenvalue weighted by Crippen LogP contribution is -2.51. The summed E-state index contributed by atoms with van der Waals surface area (Å²) in [5.41, 5.74) is 1.48. The van der Waals surface area contributed by atoms with Crippen LogP contribution in [0.3, 0.4) is 0 Å². The van der Waals surface area contributed by atoms with E-state index in [0.29, 0.717) is 19.1 Å². The van der Waals surface area contributed by atoms with Crippen LogP contribution in [0.25, 0.3) is 0 Å². The van der Waals surface area contributed by atoms with Gasteiger partial charge in [-0.05, 0) is 36.3 Å².